The van der Waals surface area contributed by atoms with Crippen LogP contribution in [-0.4, -0.2) is 53.2 Å². The number of amides is 1. The van der Waals surface area contributed by atoms with E-state index in [1.807, 2.05) is 23.1 Å². The molecular weight excluding hydrogens is 428 g/mol. The van der Waals surface area contributed by atoms with Gasteiger partial charge in [-0.1, -0.05) is 59.8 Å². The van der Waals surface area contributed by atoms with Crippen molar-refractivity contribution in [3.63, 3.8) is 0 Å². The predicted octanol–water partition coefficient (Wildman–Crippen LogP) is 3.49. The molecule has 1 atom stereocenters. The van der Waals surface area contributed by atoms with E-state index in [2.05, 4.69) is 22.4 Å². The summed E-state index contributed by atoms with van der Waals surface area (Å²) in [5.74, 6) is 0. The van der Waals surface area contributed by atoms with Crippen LogP contribution in [0.1, 0.15) is 30.4 Å². The second-order valence-corrected chi connectivity index (χ2v) is 9.67. The van der Waals surface area contributed by atoms with Gasteiger partial charge in [-0.05, 0) is 36.8 Å². The molecule has 0 radical (unpaired) electrons. The van der Waals surface area contributed by atoms with Crippen LogP contribution in [0.2, 0.25) is 0 Å². The second-order valence-electron chi connectivity index (χ2n) is 8.03. The van der Waals surface area contributed by atoms with Crippen molar-refractivity contribution in [2.75, 3.05) is 12.8 Å². The molecule has 1 aliphatic rings. The molecule has 1 aromatic heterocycles. The number of rotatable bonds is 6. The van der Waals surface area contributed by atoms with Crippen LogP contribution >= 0.6 is 0 Å². The van der Waals surface area contributed by atoms with Crippen LogP contribution in [0.5, 0.6) is 0 Å². The zero-order chi connectivity index (χ0) is 22.6. The Hall–Kier alpha value is -3.04. The third kappa shape index (κ3) is 5.60. The highest BCUT2D eigenvalue weighted by Crippen LogP contribution is 2.23. The number of carbonyl (C=O) groups excluding carboxylic acids is 1. The molecule has 32 heavy (non-hydrogen) atoms. The minimum atomic E-state index is -3.49. The molecule has 0 N–H and O–H groups in total. The van der Waals surface area contributed by atoms with Crippen LogP contribution in [0.4, 0.5) is 4.79 Å². The molecule has 0 aliphatic carbocycles. The summed E-state index contributed by atoms with van der Waals surface area (Å²) in [6.07, 6.45) is 6.54. The Morgan fingerprint density at radius 3 is 2.53 bits per heavy atom. The SMILES string of the molecule is CS(=O)(=O)OCc1ccc(-c2cn(C(=O)N3CCCCC3Cc3ccccc3)nn2)cc1. The van der Waals surface area contributed by atoms with Crippen LogP contribution < -0.4 is 0 Å². The van der Waals surface area contributed by atoms with Gasteiger partial charge in [0.2, 0.25) is 0 Å². The number of hydrogen-bond donors (Lipinski definition) is 0. The molecule has 3 aromatic rings. The van der Waals surface area contributed by atoms with E-state index in [4.69, 9.17) is 4.18 Å². The summed E-state index contributed by atoms with van der Waals surface area (Å²) < 4.78 is 28.4. The average Bonchev–Trinajstić information content (AvgIpc) is 3.29. The van der Waals surface area contributed by atoms with E-state index >= 15 is 0 Å². The van der Waals surface area contributed by atoms with Crippen LogP contribution in [0, 0.1) is 0 Å². The molecule has 4 rings (SSSR count). The van der Waals surface area contributed by atoms with E-state index in [-0.39, 0.29) is 18.7 Å². The summed E-state index contributed by atoms with van der Waals surface area (Å²) in [6.45, 7) is 0.683. The molecule has 1 fully saturated rings. The highest BCUT2D eigenvalue weighted by molar-refractivity contribution is 7.85. The highest BCUT2D eigenvalue weighted by atomic mass is 32.2. The van der Waals surface area contributed by atoms with E-state index in [1.165, 1.54) is 10.2 Å². The van der Waals surface area contributed by atoms with Gasteiger partial charge in [-0.3, -0.25) is 4.18 Å². The minimum absolute atomic E-state index is 0.0257. The molecule has 0 bridgehead atoms. The molecule has 168 valence electrons. The zero-order valence-electron chi connectivity index (χ0n) is 17.9. The predicted molar refractivity (Wildman–Crippen MR) is 120 cm³/mol. The van der Waals surface area contributed by atoms with Crippen LogP contribution in [-0.2, 0) is 27.3 Å². The number of hydrogen-bond acceptors (Lipinski definition) is 6. The van der Waals surface area contributed by atoms with Crippen LogP contribution in [0.3, 0.4) is 0 Å². The summed E-state index contributed by atoms with van der Waals surface area (Å²) in [7, 11) is -3.49. The Bertz CT molecular complexity index is 1160. The molecular formula is C23H26N4O4S. The number of carbonyl (C=O) groups is 1. The number of piperidine rings is 1. The van der Waals surface area contributed by atoms with Gasteiger partial charge < -0.3 is 4.90 Å². The first-order chi connectivity index (χ1) is 15.4. The summed E-state index contributed by atoms with van der Waals surface area (Å²) in [6, 6.07) is 17.3. The number of benzene rings is 2. The van der Waals surface area contributed by atoms with Gasteiger partial charge >= 0.3 is 6.03 Å². The molecule has 1 aliphatic heterocycles. The summed E-state index contributed by atoms with van der Waals surface area (Å²) in [5.41, 5.74) is 3.30. The van der Waals surface area contributed by atoms with Crippen molar-refractivity contribution < 1.29 is 17.4 Å². The van der Waals surface area contributed by atoms with Gasteiger partial charge in [-0.25, -0.2) is 4.79 Å². The molecule has 9 heteroatoms. The van der Waals surface area contributed by atoms with Gasteiger partial charge in [0.25, 0.3) is 10.1 Å². The average molecular weight is 455 g/mol. The maximum atomic E-state index is 13.2. The van der Waals surface area contributed by atoms with E-state index in [9.17, 15) is 13.2 Å². The van der Waals surface area contributed by atoms with E-state index in [0.717, 1.165) is 43.1 Å². The van der Waals surface area contributed by atoms with Crippen molar-refractivity contribution >= 4 is 16.1 Å². The fourth-order valence-electron chi connectivity index (χ4n) is 3.92. The second kappa shape index (κ2) is 9.62. The van der Waals surface area contributed by atoms with Crippen molar-refractivity contribution in [2.24, 2.45) is 0 Å². The van der Waals surface area contributed by atoms with Gasteiger partial charge in [-0.2, -0.15) is 13.1 Å². The summed E-state index contributed by atoms with van der Waals surface area (Å²) >= 11 is 0. The van der Waals surface area contributed by atoms with Crippen molar-refractivity contribution in [1.29, 1.82) is 0 Å². The molecule has 0 saturated carbocycles. The first kappa shape index (κ1) is 22.2. The Morgan fingerprint density at radius 2 is 1.81 bits per heavy atom. The van der Waals surface area contributed by atoms with Crippen molar-refractivity contribution in [3.05, 3.63) is 71.9 Å². The maximum Gasteiger partial charge on any atom is 0.346 e. The lowest BCUT2D eigenvalue weighted by molar-refractivity contribution is 0.149. The quantitative estimate of drug-likeness (QED) is 0.529. The molecule has 1 amide bonds. The van der Waals surface area contributed by atoms with E-state index < -0.39 is 10.1 Å². The van der Waals surface area contributed by atoms with Crippen LogP contribution in [0.15, 0.2) is 60.8 Å². The zero-order valence-corrected chi connectivity index (χ0v) is 18.7. The highest BCUT2D eigenvalue weighted by Gasteiger charge is 2.28. The Labute approximate surface area is 187 Å². The third-order valence-corrected chi connectivity index (χ3v) is 6.11. The molecule has 8 nitrogen and oxygen atoms in total. The maximum absolute atomic E-state index is 13.2. The Morgan fingerprint density at radius 1 is 1.06 bits per heavy atom. The van der Waals surface area contributed by atoms with Gasteiger partial charge in [-0.15, -0.1) is 5.10 Å². The number of likely N-dealkylation sites (tertiary alicyclic amines) is 1. The largest absolute Gasteiger partial charge is 0.346 e. The lowest BCUT2D eigenvalue weighted by atomic mass is 9.96. The van der Waals surface area contributed by atoms with Crippen LogP contribution in [0.25, 0.3) is 11.3 Å². The molecule has 1 unspecified atom stereocenters. The lowest BCUT2D eigenvalue weighted by Crippen LogP contribution is -2.46. The summed E-state index contributed by atoms with van der Waals surface area (Å²) in [5, 5.41) is 8.24. The Balaban J connectivity index is 1.45. The molecule has 2 heterocycles. The van der Waals surface area contributed by atoms with E-state index in [0.29, 0.717) is 12.2 Å². The smallest absolute Gasteiger partial charge is 0.320 e. The standard InChI is InChI=1S/C23H26N4O4S/c1-32(29,30)31-17-19-10-12-20(13-11-19)22-16-27(25-24-22)23(28)26-14-6-5-9-21(26)15-18-7-3-2-4-8-18/h2-4,7-8,10-13,16,21H,5-6,9,14-15,17H2,1H3. The van der Waals surface area contributed by atoms with Gasteiger partial charge in [0.05, 0.1) is 19.1 Å². The van der Waals surface area contributed by atoms with Crippen molar-refractivity contribution in [3.8, 4) is 11.3 Å². The first-order valence-electron chi connectivity index (χ1n) is 10.6. The molecule has 1 saturated heterocycles. The lowest BCUT2D eigenvalue weighted by Gasteiger charge is -2.35. The van der Waals surface area contributed by atoms with E-state index in [1.54, 1.807) is 30.5 Å². The van der Waals surface area contributed by atoms with Crippen molar-refractivity contribution in [2.45, 2.75) is 38.3 Å². The van der Waals surface area contributed by atoms with Gasteiger partial charge in [0.1, 0.15) is 5.69 Å². The monoisotopic (exact) mass is 454 g/mol. The topological polar surface area (TPSA) is 94.4 Å². The third-order valence-electron chi connectivity index (χ3n) is 5.57. The summed E-state index contributed by atoms with van der Waals surface area (Å²) in [4.78, 5) is 15.1. The van der Waals surface area contributed by atoms with Gasteiger partial charge in [0.15, 0.2) is 0 Å². The fraction of sp³-hybridized carbons (Fsp3) is 0.348. The number of aromatic nitrogens is 3. The number of nitrogens with zero attached hydrogens (tertiary/aromatic N) is 4. The fourth-order valence-corrected chi connectivity index (χ4v) is 4.27. The molecule has 0 spiro atoms. The van der Waals surface area contributed by atoms with Crippen molar-refractivity contribution in [1.82, 2.24) is 19.9 Å². The first-order valence-corrected chi connectivity index (χ1v) is 12.4. The molecule has 2 aromatic carbocycles. The minimum Gasteiger partial charge on any atom is -0.320 e. The normalized spacial score (nSPS) is 16.8. The van der Waals surface area contributed by atoms with Gasteiger partial charge in [0, 0.05) is 18.2 Å². The Kier molecular flexibility index (Phi) is 6.66.